The molecule has 1 aliphatic rings. The molecule has 0 bridgehead atoms. The first-order chi connectivity index (χ1) is 12.1. The van der Waals surface area contributed by atoms with E-state index in [9.17, 15) is 22.7 Å². The minimum atomic E-state index is -3.59. The van der Waals surface area contributed by atoms with Crippen molar-refractivity contribution in [1.82, 2.24) is 4.57 Å². The summed E-state index contributed by atoms with van der Waals surface area (Å²) in [5.74, 6) is -1.48. The van der Waals surface area contributed by atoms with Crippen LogP contribution in [0.25, 0.3) is 11.6 Å². The molecule has 1 N–H and O–H groups in total. The molecule has 26 heavy (non-hydrogen) atoms. The lowest BCUT2D eigenvalue weighted by molar-refractivity contribution is -0.137. The van der Waals surface area contributed by atoms with Crippen molar-refractivity contribution in [1.29, 1.82) is 0 Å². The molecule has 1 aliphatic heterocycles. The van der Waals surface area contributed by atoms with Crippen molar-refractivity contribution in [3.05, 3.63) is 63.6 Å². The van der Waals surface area contributed by atoms with Gasteiger partial charge in [-0.05, 0) is 32.9 Å². The Labute approximate surface area is 151 Å². The number of carboxylic acid groups (broad SMARTS) is 1. The van der Waals surface area contributed by atoms with Crippen molar-refractivity contribution in [2.75, 3.05) is 0 Å². The largest absolute Gasteiger partial charge is 0.480 e. The zero-order valence-electron chi connectivity index (χ0n) is 14.6. The summed E-state index contributed by atoms with van der Waals surface area (Å²) in [6.07, 6.45) is 1.31. The molecular formula is C19H18FNO4S. The van der Waals surface area contributed by atoms with Crippen molar-refractivity contribution in [2.24, 2.45) is 0 Å². The van der Waals surface area contributed by atoms with Crippen molar-refractivity contribution in [3.63, 3.8) is 0 Å². The zero-order chi connectivity index (χ0) is 19.2. The molecule has 2 heterocycles. The van der Waals surface area contributed by atoms with E-state index in [1.165, 1.54) is 24.5 Å². The molecule has 5 nitrogen and oxygen atoms in total. The highest BCUT2D eigenvalue weighted by molar-refractivity contribution is 7.95. The van der Waals surface area contributed by atoms with Gasteiger partial charge in [0.2, 0.25) is 9.84 Å². The van der Waals surface area contributed by atoms with Gasteiger partial charge in [0.1, 0.15) is 6.54 Å². The van der Waals surface area contributed by atoms with E-state index in [4.69, 9.17) is 0 Å². The van der Waals surface area contributed by atoms with E-state index in [1.54, 1.807) is 36.6 Å². The Bertz CT molecular complexity index is 1090. The van der Waals surface area contributed by atoms with E-state index in [0.717, 1.165) is 0 Å². The zero-order valence-corrected chi connectivity index (χ0v) is 15.4. The molecule has 2 aromatic rings. The first kappa shape index (κ1) is 18.1. The summed E-state index contributed by atoms with van der Waals surface area (Å²) in [4.78, 5) is 11.4. The summed E-state index contributed by atoms with van der Waals surface area (Å²) in [6, 6.07) is 6.61. The number of carbonyl (C=O) groups is 1. The van der Waals surface area contributed by atoms with Crippen LogP contribution in [0, 0.1) is 13.8 Å². The van der Waals surface area contributed by atoms with Crippen LogP contribution in [0.15, 0.2) is 40.4 Å². The van der Waals surface area contributed by atoms with Gasteiger partial charge in [-0.25, -0.2) is 12.8 Å². The third-order valence-corrected chi connectivity index (χ3v) is 6.01. The van der Waals surface area contributed by atoms with Gasteiger partial charge in [-0.2, -0.15) is 0 Å². The van der Waals surface area contributed by atoms with E-state index in [0.29, 0.717) is 33.7 Å². The lowest BCUT2D eigenvalue weighted by Crippen LogP contribution is -2.11. The highest BCUT2D eigenvalue weighted by Gasteiger charge is 2.31. The van der Waals surface area contributed by atoms with Crippen molar-refractivity contribution < 1.29 is 22.7 Å². The minimum Gasteiger partial charge on any atom is -0.480 e. The maximum absolute atomic E-state index is 13.7. The minimum absolute atomic E-state index is 0.199. The van der Waals surface area contributed by atoms with E-state index in [2.05, 4.69) is 0 Å². The Morgan fingerprint density at radius 3 is 2.50 bits per heavy atom. The van der Waals surface area contributed by atoms with Gasteiger partial charge in [0.05, 0.1) is 10.7 Å². The van der Waals surface area contributed by atoms with E-state index in [1.807, 2.05) is 0 Å². The second-order valence-corrected chi connectivity index (χ2v) is 8.01. The molecule has 1 aromatic heterocycles. The second kappa shape index (κ2) is 6.25. The molecule has 0 aliphatic carbocycles. The number of fused-ring (bicyclic) bond motifs is 1. The summed E-state index contributed by atoms with van der Waals surface area (Å²) >= 11 is 0. The molecule has 0 fully saturated rings. The van der Waals surface area contributed by atoms with Crippen LogP contribution < -0.4 is 0 Å². The summed E-state index contributed by atoms with van der Waals surface area (Å²) in [5, 5.41) is 10.4. The van der Waals surface area contributed by atoms with Crippen LogP contribution in [0.2, 0.25) is 0 Å². The van der Waals surface area contributed by atoms with Crippen LogP contribution in [0.3, 0.4) is 0 Å². The second-order valence-electron chi connectivity index (χ2n) is 6.24. The predicted octanol–water partition coefficient (Wildman–Crippen LogP) is 3.70. The topological polar surface area (TPSA) is 76.4 Å². The van der Waals surface area contributed by atoms with Crippen molar-refractivity contribution >= 4 is 27.5 Å². The molecule has 0 saturated carbocycles. The van der Waals surface area contributed by atoms with Crippen molar-refractivity contribution in [3.8, 4) is 0 Å². The number of hydrogen-bond acceptors (Lipinski definition) is 3. The number of hydrogen-bond donors (Lipinski definition) is 1. The summed E-state index contributed by atoms with van der Waals surface area (Å²) in [7, 11) is -3.59. The van der Waals surface area contributed by atoms with E-state index < -0.39 is 21.6 Å². The Morgan fingerprint density at radius 1 is 1.23 bits per heavy atom. The van der Waals surface area contributed by atoms with Gasteiger partial charge in [0, 0.05) is 39.1 Å². The predicted molar refractivity (Wildman–Crippen MR) is 97.0 cm³/mol. The molecule has 136 valence electrons. The van der Waals surface area contributed by atoms with Crippen LogP contribution >= 0.6 is 0 Å². The SMILES string of the molecule is C/C(F)=C\c1c(C2=CS(=O)(=O)c3ccccc32)c(C)n(CC(=O)O)c1C. The number of carboxylic acids is 1. The van der Waals surface area contributed by atoms with Crippen molar-refractivity contribution in [2.45, 2.75) is 32.2 Å². The van der Waals surface area contributed by atoms with Gasteiger partial charge in [0.25, 0.3) is 0 Å². The number of aromatic nitrogens is 1. The molecule has 0 unspecified atom stereocenters. The standard InChI is InChI=1S/C19H18FNO4S/c1-11(20)8-15-12(2)21(9-18(22)23)13(3)19(15)16-10-26(24,25)17-7-5-4-6-14(16)17/h4-8,10H,9H2,1-3H3,(H,22,23)/b11-8+. The number of allylic oxidation sites excluding steroid dienone is 1. The van der Waals surface area contributed by atoms with E-state index in [-0.39, 0.29) is 11.4 Å². The summed E-state index contributed by atoms with van der Waals surface area (Å²) in [5.41, 5.74) is 3.17. The Balaban J connectivity index is 2.36. The van der Waals surface area contributed by atoms with Crippen LogP contribution in [0.5, 0.6) is 0 Å². The molecule has 0 amide bonds. The molecule has 0 spiro atoms. The summed E-state index contributed by atoms with van der Waals surface area (Å²) < 4.78 is 40.2. The fourth-order valence-corrected chi connectivity index (χ4v) is 4.84. The van der Waals surface area contributed by atoms with Gasteiger partial charge in [-0.3, -0.25) is 4.79 Å². The van der Waals surface area contributed by atoms with Gasteiger partial charge in [-0.15, -0.1) is 0 Å². The van der Waals surface area contributed by atoms with Gasteiger partial charge in [-0.1, -0.05) is 18.2 Å². The first-order valence-corrected chi connectivity index (χ1v) is 9.50. The lowest BCUT2D eigenvalue weighted by atomic mass is 9.95. The van der Waals surface area contributed by atoms with Gasteiger partial charge >= 0.3 is 5.97 Å². The lowest BCUT2D eigenvalue weighted by Gasteiger charge is -2.08. The first-order valence-electron chi connectivity index (χ1n) is 7.95. The number of sulfone groups is 1. The highest BCUT2D eigenvalue weighted by Crippen LogP contribution is 2.42. The summed E-state index contributed by atoms with van der Waals surface area (Å²) in [6.45, 7) is 4.42. The monoisotopic (exact) mass is 375 g/mol. The molecular weight excluding hydrogens is 357 g/mol. The van der Waals surface area contributed by atoms with Crippen LogP contribution in [0.1, 0.15) is 35.0 Å². The quantitative estimate of drug-likeness (QED) is 0.884. The molecule has 1 aromatic carbocycles. The van der Waals surface area contributed by atoms with E-state index >= 15 is 0 Å². The average molecular weight is 375 g/mol. The Morgan fingerprint density at radius 2 is 1.88 bits per heavy atom. The molecule has 0 saturated heterocycles. The Hall–Kier alpha value is -2.67. The number of benzene rings is 1. The van der Waals surface area contributed by atoms with Gasteiger partial charge in [0.15, 0.2) is 0 Å². The normalized spacial score (nSPS) is 15.7. The maximum Gasteiger partial charge on any atom is 0.323 e. The smallest absolute Gasteiger partial charge is 0.323 e. The van der Waals surface area contributed by atoms with Crippen LogP contribution in [-0.2, 0) is 21.2 Å². The molecule has 0 atom stereocenters. The van der Waals surface area contributed by atoms with Crippen LogP contribution in [-0.4, -0.2) is 24.1 Å². The molecule has 3 rings (SSSR count). The fraction of sp³-hybridized carbons (Fsp3) is 0.211. The number of nitrogens with zero attached hydrogens (tertiary/aromatic N) is 1. The Kier molecular flexibility index (Phi) is 4.36. The van der Waals surface area contributed by atoms with Gasteiger partial charge < -0.3 is 9.67 Å². The number of rotatable bonds is 4. The molecule has 0 radical (unpaired) electrons. The number of aliphatic carboxylic acids is 1. The molecule has 7 heteroatoms. The third-order valence-electron chi connectivity index (χ3n) is 4.49. The number of halogens is 1. The fourth-order valence-electron chi connectivity index (χ4n) is 3.41. The highest BCUT2D eigenvalue weighted by atomic mass is 32.2. The third kappa shape index (κ3) is 2.88. The average Bonchev–Trinajstić information content (AvgIpc) is 2.93. The van der Waals surface area contributed by atoms with Crippen LogP contribution in [0.4, 0.5) is 4.39 Å². The maximum atomic E-state index is 13.7.